The maximum Gasteiger partial charge on any atom is 0.337 e. The number of ether oxygens (including phenoxy) is 1. The number of hydrogen-bond donors (Lipinski definition) is 1. The third-order valence-electron chi connectivity index (χ3n) is 4.68. The van der Waals surface area contributed by atoms with Gasteiger partial charge in [-0.1, -0.05) is 16.8 Å². The van der Waals surface area contributed by atoms with Gasteiger partial charge in [-0.15, -0.1) is 0 Å². The summed E-state index contributed by atoms with van der Waals surface area (Å²) < 4.78 is 11.1. The normalized spacial score (nSPS) is 10.6. The van der Waals surface area contributed by atoms with Gasteiger partial charge < -0.3 is 19.1 Å². The Morgan fingerprint density at radius 1 is 1.09 bits per heavy atom. The molecule has 33 heavy (non-hydrogen) atoms. The standard InChI is InChI=1S/C23H17ClN4O5/c1-32-23(31)15-6-10-17(11-7-15)25-19(29)13-28-12-2-3-18(22(28)30)21-26-20(27-33-21)14-4-8-16(24)9-5-14/h2-12H,13H2,1H3,(H,25,29). The minimum Gasteiger partial charge on any atom is -0.465 e. The van der Waals surface area contributed by atoms with E-state index in [9.17, 15) is 14.4 Å². The Morgan fingerprint density at radius 3 is 2.52 bits per heavy atom. The maximum absolute atomic E-state index is 12.9. The Bertz CT molecular complexity index is 1360. The van der Waals surface area contributed by atoms with Crippen molar-refractivity contribution in [1.82, 2.24) is 14.7 Å². The molecule has 0 atom stereocenters. The highest BCUT2D eigenvalue weighted by Crippen LogP contribution is 2.21. The predicted molar refractivity (Wildman–Crippen MR) is 121 cm³/mol. The molecular formula is C23H17ClN4O5. The minimum absolute atomic E-state index is 0.0399. The quantitative estimate of drug-likeness (QED) is 0.433. The van der Waals surface area contributed by atoms with E-state index in [0.29, 0.717) is 27.7 Å². The molecule has 0 fully saturated rings. The highest BCUT2D eigenvalue weighted by molar-refractivity contribution is 6.30. The second-order valence-electron chi connectivity index (χ2n) is 6.90. The summed E-state index contributed by atoms with van der Waals surface area (Å²) in [6, 6.07) is 16.2. The van der Waals surface area contributed by atoms with Crippen LogP contribution in [0.15, 0.2) is 76.2 Å². The van der Waals surface area contributed by atoms with Gasteiger partial charge in [0.25, 0.3) is 11.4 Å². The molecule has 0 unspecified atom stereocenters. The molecule has 2 heterocycles. The largest absolute Gasteiger partial charge is 0.465 e. The summed E-state index contributed by atoms with van der Waals surface area (Å²) in [5.74, 6) is -0.549. The van der Waals surface area contributed by atoms with Gasteiger partial charge in [0.05, 0.1) is 12.7 Å². The van der Waals surface area contributed by atoms with Crippen LogP contribution in [0.5, 0.6) is 0 Å². The van der Waals surface area contributed by atoms with E-state index in [1.165, 1.54) is 30.0 Å². The molecule has 0 bridgehead atoms. The van der Waals surface area contributed by atoms with Gasteiger partial charge in [0.1, 0.15) is 12.1 Å². The third-order valence-corrected chi connectivity index (χ3v) is 4.93. The lowest BCUT2D eigenvalue weighted by Gasteiger charge is -2.08. The number of rotatable bonds is 6. The maximum atomic E-state index is 12.9. The molecule has 2 aromatic carbocycles. The fourth-order valence-corrected chi connectivity index (χ4v) is 3.16. The summed E-state index contributed by atoms with van der Waals surface area (Å²) in [6.45, 7) is -0.233. The average Bonchev–Trinajstić information content (AvgIpc) is 3.31. The number of methoxy groups -OCH3 is 1. The zero-order valence-electron chi connectivity index (χ0n) is 17.3. The molecule has 0 saturated carbocycles. The van der Waals surface area contributed by atoms with E-state index in [4.69, 9.17) is 16.1 Å². The van der Waals surface area contributed by atoms with Gasteiger partial charge in [0.2, 0.25) is 11.7 Å². The number of anilines is 1. The number of nitrogens with zero attached hydrogens (tertiary/aromatic N) is 3. The van der Waals surface area contributed by atoms with Crippen LogP contribution in [-0.4, -0.2) is 33.7 Å². The van der Waals surface area contributed by atoms with E-state index >= 15 is 0 Å². The summed E-state index contributed by atoms with van der Waals surface area (Å²) in [5, 5.41) is 7.17. The second-order valence-corrected chi connectivity index (χ2v) is 7.34. The molecule has 0 radical (unpaired) electrons. The smallest absolute Gasteiger partial charge is 0.337 e. The number of carbonyl (C=O) groups is 2. The molecule has 1 N–H and O–H groups in total. The zero-order valence-corrected chi connectivity index (χ0v) is 18.1. The molecular weight excluding hydrogens is 448 g/mol. The van der Waals surface area contributed by atoms with Gasteiger partial charge in [-0.2, -0.15) is 4.98 Å². The molecule has 0 spiro atoms. The van der Waals surface area contributed by atoms with Crippen LogP contribution in [0, 0.1) is 0 Å². The molecule has 0 aliphatic carbocycles. The van der Waals surface area contributed by atoms with E-state index < -0.39 is 17.4 Å². The monoisotopic (exact) mass is 464 g/mol. The number of halogens is 1. The van der Waals surface area contributed by atoms with Crippen molar-refractivity contribution < 1.29 is 18.8 Å². The molecule has 166 valence electrons. The van der Waals surface area contributed by atoms with Crippen molar-refractivity contribution in [2.24, 2.45) is 0 Å². The van der Waals surface area contributed by atoms with Crippen LogP contribution >= 0.6 is 11.6 Å². The van der Waals surface area contributed by atoms with Crippen LogP contribution in [0.1, 0.15) is 10.4 Å². The Hall–Kier alpha value is -4.24. The van der Waals surface area contributed by atoms with E-state index in [1.807, 2.05) is 0 Å². The molecule has 2 aromatic heterocycles. The fraction of sp³-hybridized carbons (Fsp3) is 0.0870. The topological polar surface area (TPSA) is 116 Å². The Morgan fingerprint density at radius 2 is 1.82 bits per heavy atom. The van der Waals surface area contributed by atoms with Crippen molar-refractivity contribution in [2.45, 2.75) is 6.54 Å². The average molecular weight is 465 g/mol. The SMILES string of the molecule is COC(=O)c1ccc(NC(=O)Cn2cccc(-c3nc(-c4ccc(Cl)cc4)no3)c2=O)cc1. The zero-order chi connectivity index (χ0) is 23.4. The highest BCUT2D eigenvalue weighted by atomic mass is 35.5. The van der Waals surface area contributed by atoms with E-state index in [0.717, 1.165) is 0 Å². The van der Waals surface area contributed by atoms with Gasteiger partial charge in [-0.3, -0.25) is 9.59 Å². The van der Waals surface area contributed by atoms with E-state index in [-0.39, 0.29) is 18.0 Å². The van der Waals surface area contributed by atoms with Crippen LogP contribution < -0.4 is 10.9 Å². The lowest BCUT2D eigenvalue weighted by Crippen LogP contribution is -2.28. The predicted octanol–water partition coefficient (Wildman–Crippen LogP) is 3.64. The van der Waals surface area contributed by atoms with Crippen molar-refractivity contribution in [3.8, 4) is 22.8 Å². The summed E-state index contributed by atoms with van der Waals surface area (Å²) in [6.07, 6.45) is 1.49. The van der Waals surface area contributed by atoms with Crippen molar-refractivity contribution in [2.75, 3.05) is 12.4 Å². The number of carbonyl (C=O) groups excluding carboxylic acids is 2. The molecule has 10 heteroatoms. The fourth-order valence-electron chi connectivity index (χ4n) is 3.04. The summed E-state index contributed by atoms with van der Waals surface area (Å²) >= 11 is 5.90. The lowest BCUT2D eigenvalue weighted by atomic mass is 10.2. The number of nitrogens with one attached hydrogen (secondary N) is 1. The van der Waals surface area contributed by atoms with E-state index in [2.05, 4.69) is 20.2 Å². The number of pyridine rings is 1. The first-order valence-corrected chi connectivity index (χ1v) is 10.1. The first-order valence-electron chi connectivity index (χ1n) is 9.72. The van der Waals surface area contributed by atoms with Crippen molar-refractivity contribution in [3.63, 3.8) is 0 Å². The first kappa shape index (κ1) is 22.0. The van der Waals surface area contributed by atoms with Crippen LogP contribution in [0.3, 0.4) is 0 Å². The molecule has 4 aromatic rings. The van der Waals surface area contributed by atoms with Crippen LogP contribution in [0.25, 0.3) is 22.8 Å². The molecule has 4 rings (SSSR count). The van der Waals surface area contributed by atoms with Gasteiger partial charge in [0, 0.05) is 22.5 Å². The number of hydrogen-bond acceptors (Lipinski definition) is 7. The van der Waals surface area contributed by atoms with Crippen LogP contribution in [-0.2, 0) is 16.1 Å². The molecule has 0 aliphatic heterocycles. The molecule has 9 nitrogen and oxygen atoms in total. The second kappa shape index (κ2) is 9.49. The van der Waals surface area contributed by atoms with Gasteiger partial charge >= 0.3 is 5.97 Å². The number of amides is 1. The lowest BCUT2D eigenvalue weighted by molar-refractivity contribution is -0.116. The minimum atomic E-state index is -0.475. The molecule has 0 aliphatic rings. The summed E-state index contributed by atoms with van der Waals surface area (Å²) in [5.41, 5.74) is 1.22. The van der Waals surface area contributed by atoms with Crippen molar-refractivity contribution in [1.29, 1.82) is 0 Å². The Kier molecular flexibility index (Phi) is 6.32. The highest BCUT2D eigenvalue weighted by Gasteiger charge is 2.16. The van der Waals surface area contributed by atoms with Crippen molar-refractivity contribution >= 4 is 29.2 Å². The van der Waals surface area contributed by atoms with Gasteiger partial charge in [-0.05, 0) is 60.7 Å². The molecule has 0 saturated heterocycles. The van der Waals surface area contributed by atoms with E-state index in [1.54, 1.807) is 48.5 Å². The third kappa shape index (κ3) is 4.99. The van der Waals surface area contributed by atoms with Crippen LogP contribution in [0.2, 0.25) is 5.02 Å². The number of aromatic nitrogens is 3. The summed E-state index contributed by atoms with van der Waals surface area (Å²) in [7, 11) is 1.29. The number of esters is 1. The number of benzene rings is 2. The summed E-state index contributed by atoms with van der Waals surface area (Å²) in [4.78, 5) is 41.1. The Labute approximate surface area is 192 Å². The first-order chi connectivity index (χ1) is 15.9. The molecule has 1 amide bonds. The van der Waals surface area contributed by atoms with Crippen molar-refractivity contribution in [3.05, 3.63) is 87.8 Å². The van der Waals surface area contributed by atoms with Gasteiger partial charge in [-0.25, -0.2) is 4.79 Å². The van der Waals surface area contributed by atoms with Gasteiger partial charge in [0.15, 0.2) is 0 Å². The Balaban J connectivity index is 1.49. The van der Waals surface area contributed by atoms with Crippen LogP contribution in [0.4, 0.5) is 5.69 Å².